The average Bonchev–Trinajstić information content (AvgIpc) is 3.07. The van der Waals surface area contributed by atoms with E-state index in [1.54, 1.807) is 6.07 Å². The van der Waals surface area contributed by atoms with Gasteiger partial charge in [-0.05, 0) is 24.3 Å². The number of hydrogen-bond donors (Lipinski definition) is 2. The minimum absolute atomic E-state index is 0.154. The van der Waals surface area contributed by atoms with Crippen molar-refractivity contribution >= 4 is 29.2 Å². The molecule has 0 unspecified atom stereocenters. The Balaban J connectivity index is 1.92. The van der Waals surface area contributed by atoms with Crippen LogP contribution < -0.4 is 11.1 Å². The summed E-state index contributed by atoms with van der Waals surface area (Å²) in [6, 6.07) is 1.39. The maximum absolute atomic E-state index is 12.1. The third-order valence-corrected chi connectivity index (χ3v) is 4.60. The van der Waals surface area contributed by atoms with Gasteiger partial charge < -0.3 is 15.8 Å². The first-order chi connectivity index (χ1) is 10.5. The molecule has 1 aromatic heterocycles. The Morgan fingerprint density at radius 3 is 2.82 bits per heavy atom. The molecule has 3 N–H and O–H groups in total. The van der Waals surface area contributed by atoms with Crippen LogP contribution in [-0.4, -0.2) is 30.0 Å². The lowest BCUT2D eigenvalue weighted by Gasteiger charge is -2.28. The van der Waals surface area contributed by atoms with E-state index in [0.717, 1.165) is 6.42 Å². The molecule has 22 heavy (non-hydrogen) atoms. The molecule has 1 fully saturated rings. The van der Waals surface area contributed by atoms with Gasteiger partial charge in [0.15, 0.2) is 0 Å². The van der Waals surface area contributed by atoms with Gasteiger partial charge >= 0.3 is 5.97 Å². The fourth-order valence-electron chi connectivity index (χ4n) is 3.40. The van der Waals surface area contributed by atoms with Crippen LogP contribution in [-0.2, 0) is 9.53 Å². The van der Waals surface area contributed by atoms with Crippen molar-refractivity contribution in [1.82, 2.24) is 4.98 Å². The number of aromatic nitrogens is 1. The number of methoxy groups -OCH3 is 1. The second-order valence-corrected chi connectivity index (χ2v) is 5.97. The van der Waals surface area contributed by atoms with Crippen molar-refractivity contribution in [2.24, 2.45) is 23.5 Å². The molecular formula is C15H16ClN3O3. The van der Waals surface area contributed by atoms with Crippen molar-refractivity contribution in [2.75, 3.05) is 12.4 Å². The number of anilines is 1. The topological polar surface area (TPSA) is 94.3 Å². The van der Waals surface area contributed by atoms with E-state index in [0.29, 0.717) is 5.69 Å². The summed E-state index contributed by atoms with van der Waals surface area (Å²) in [5.41, 5.74) is 6.11. The largest absolute Gasteiger partial charge is 0.469 e. The van der Waals surface area contributed by atoms with E-state index in [4.69, 9.17) is 22.1 Å². The van der Waals surface area contributed by atoms with Crippen LogP contribution >= 0.6 is 11.6 Å². The zero-order chi connectivity index (χ0) is 15.9. The Labute approximate surface area is 132 Å². The van der Waals surface area contributed by atoms with Gasteiger partial charge in [-0.15, -0.1) is 0 Å². The van der Waals surface area contributed by atoms with E-state index in [9.17, 15) is 9.59 Å². The fourth-order valence-corrected chi connectivity index (χ4v) is 3.56. The molecule has 2 aliphatic carbocycles. The SMILES string of the molecule is COC(=O)[C@@H]1[C@H](Nc2cc(Cl)ncc2C(N)=O)[C@H]2C=C[C@@H]1C2. The van der Waals surface area contributed by atoms with E-state index in [2.05, 4.69) is 22.5 Å². The molecule has 3 rings (SSSR count). The zero-order valence-corrected chi connectivity index (χ0v) is 12.7. The third-order valence-electron chi connectivity index (χ3n) is 4.39. The number of hydrogen-bond acceptors (Lipinski definition) is 5. The van der Waals surface area contributed by atoms with Crippen molar-refractivity contribution in [3.8, 4) is 0 Å². The summed E-state index contributed by atoms with van der Waals surface area (Å²) in [6.45, 7) is 0. The summed E-state index contributed by atoms with van der Waals surface area (Å²) in [7, 11) is 1.38. The first-order valence-electron chi connectivity index (χ1n) is 6.99. The van der Waals surface area contributed by atoms with E-state index in [1.165, 1.54) is 13.3 Å². The monoisotopic (exact) mass is 321 g/mol. The number of halogens is 1. The summed E-state index contributed by atoms with van der Waals surface area (Å²) >= 11 is 5.90. The van der Waals surface area contributed by atoms with Crippen LogP contribution in [0.25, 0.3) is 0 Å². The summed E-state index contributed by atoms with van der Waals surface area (Å²) in [6.07, 6.45) is 6.37. The number of esters is 1. The van der Waals surface area contributed by atoms with Crippen molar-refractivity contribution in [2.45, 2.75) is 12.5 Å². The highest BCUT2D eigenvalue weighted by Gasteiger charge is 2.49. The van der Waals surface area contributed by atoms with Gasteiger partial charge in [-0.25, -0.2) is 4.98 Å². The molecule has 6 nitrogen and oxygen atoms in total. The van der Waals surface area contributed by atoms with E-state index < -0.39 is 5.91 Å². The number of amides is 1. The summed E-state index contributed by atoms with van der Waals surface area (Å²) in [5.74, 6) is -0.770. The highest BCUT2D eigenvalue weighted by molar-refractivity contribution is 6.29. The summed E-state index contributed by atoms with van der Waals surface area (Å²) < 4.78 is 4.91. The number of rotatable bonds is 4. The normalized spacial score (nSPS) is 28.6. The average molecular weight is 322 g/mol. The molecule has 0 aromatic carbocycles. The third kappa shape index (κ3) is 2.43. The molecular weight excluding hydrogens is 306 g/mol. The van der Waals surface area contributed by atoms with Crippen molar-refractivity contribution in [3.05, 3.63) is 35.1 Å². The van der Waals surface area contributed by atoms with Crippen LogP contribution in [0.5, 0.6) is 0 Å². The van der Waals surface area contributed by atoms with Gasteiger partial charge in [0.1, 0.15) is 5.15 Å². The van der Waals surface area contributed by atoms with Crippen LogP contribution in [0.4, 0.5) is 5.69 Å². The predicted octanol–water partition coefficient (Wildman–Crippen LogP) is 1.61. The fraction of sp³-hybridized carbons (Fsp3) is 0.400. The second kappa shape index (κ2) is 5.61. The molecule has 2 aliphatic rings. The van der Waals surface area contributed by atoms with Gasteiger partial charge in [0.2, 0.25) is 0 Å². The molecule has 0 radical (unpaired) electrons. The molecule has 2 bridgehead atoms. The Bertz CT molecular complexity index is 661. The first kappa shape index (κ1) is 14.8. The standard InChI is InChI=1S/C15H16ClN3O3/c1-22-15(21)12-7-2-3-8(4-7)13(12)19-10-5-11(16)18-6-9(10)14(17)20/h2-3,5-8,12-13H,4H2,1H3,(H2,17,20)(H,18,19)/t7-,8+,12+,13-/m1/s1. The van der Waals surface area contributed by atoms with Gasteiger partial charge in [-0.3, -0.25) is 9.59 Å². The second-order valence-electron chi connectivity index (χ2n) is 5.58. The molecule has 1 amide bonds. The molecule has 0 saturated heterocycles. The molecule has 0 spiro atoms. The van der Waals surface area contributed by atoms with Crippen LogP contribution in [0, 0.1) is 17.8 Å². The zero-order valence-electron chi connectivity index (χ0n) is 12.0. The van der Waals surface area contributed by atoms with Crippen molar-refractivity contribution in [3.63, 3.8) is 0 Å². The minimum Gasteiger partial charge on any atom is -0.469 e. The molecule has 1 saturated carbocycles. The number of primary amides is 1. The van der Waals surface area contributed by atoms with Gasteiger partial charge in [0.05, 0.1) is 24.3 Å². The molecule has 0 aliphatic heterocycles. The highest BCUT2D eigenvalue weighted by Crippen LogP contribution is 2.45. The first-order valence-corrected chi connectivity index (χ1v) is 7.37. The number of allylic oxidation sites excluding steroid dienone is 1. The molecule has 1 heterocycles. The molecule has 116 valence electrons. The van der Waals surface area contributed by atoms with Crippen LogP contribution in [0.2, 0.25) is 5.15 Å². The number of fused-ring (bicyclic) bond motifs is 2. The van der Waals surface area contributed by atoms with Crippen molar-refractivity contribution < 1.29 is 14.3 Å². The minimum atomic E-state index is -0.597. The molecule has 1 aromatic rings. The number of carbonyl (C=O) groups is 2. The summed E-state index contributed by atoms with van der Waals surface area (Å²) in [5, 5.41) is 3.50. The molecule has 4 atom stereocenters. The smallest absolute Gasteiger partial charge is 0.311 e. The lowest BCUT2D eigenvalue weighted by atomic mass is 9.88. The van der Waals surface area contributed by atoms with Crippen LogP contribution in [0.3, 0.4) is 0 Å². The Morgan fingerprint density at radius 2 is 2.14 bits per heavy atom. The molecule has 7 heteroatoms. The van der Waals surface area contributed by atoms with Crippen LogP contribution in [0.15, 0.2) is 24.4 Å². The van der Waals surface area contributed by atoms with Gasteiger partial charge in [-0.2, -0.15) is 0 Å². The lowest BCUT2D eigenvalue weighted by molar-refractivity contribution is -0.146. The number of ether oxygens (including phenoxy) is 1. The quantitative estimate of drug-likeness (QED) is 0.499. The number of nitrogens with two attached hydrogens (primary N) is 1. The maximum Gasteiger partial charge on any atom is 0.311 e. The number of carbonyl (C=O) groups excluding carboxylic acids is 2. The summed E-state index contributed by atoms with van der Waals surface area (Å²) in [4.78, 5) is 27.5. The van der Waals surface area contributed by atoms with E-state index >= 15 is 0 Å². The lowest BCUT2D eigenvalue weighted by Crippen LogP contribution is -2.38. The maximum atomic E-state index is 12.1. The predicted molar refractivity (Wildman–Crippen MR) is 81.4 cm³/mol. The number of nitrogens with zero attached hydrogens (tertiary/aromatic N) is 1. The number of nitrogens with one attached hydrogen (secondary N) is 1. The number of pyridine rings is 1. The van der Waals surface area contributed by atoms with Gasteiger partial charge in [-0.1, -0.05) is 23.8 Å². The highest BCUT2D eigenvalue weighted by atomic mass is 35.5. The van der Waals surface area contributed by atoms with Gasteiger partial charge in [0.25, 0.3) is 5.91 Å². The Morgan fingerprint density at radius 1 is 1.41 bits per heavy atom. The van der Waals surface area contributed by atoms with Crippen LogP contribution in [0.1, 0.15) is 16.8 Å². The van der Waals surface area contributed by atoms with Crippen molar-refractivity contribution in [1.29, 1.82) is 0 Å². The van der Waals surface area contributed by atoms with Gasteiger partial charge in [0, 0.05) is 12.2 Å². The van der Waals surface area contributed by atoms with E-state index in [1.807, 2.05) is 0 Å². The Hall–Kier alpha value is -2.08. The van der Waals surface area contributed by atoms with E-state index in [-0.39, 0.29) is 40.5 Å². The Kier molecular flexibility index (Phi) is 3.78.